The molecule has 39 heavy (non-hydrogen) atoms. The monoisotopic (exact) mass is 643 g/mol. The van der Waals surface area contributed by atoms with E-state index >= 15 is 0 Å². The van der Waals surface area contributed by atoms with Crippen LogP contribution in [0.5, 0.6) is 17.2 Å². The molecular formula is C27H22IN3O8. The van der Waals surface area contributed by atoms with Gasteiger partial charge in [-0.05, 0) is 83.1 Å². The number of nitro benzene ring substituents is 1. The minimum Gasteiger partial charge on any atom is -0.494 e. The second-order valence-corrected chi connectivity index (χ2v) is 9.30. The lowest BCUT2D eigenvalue weighted by atomic mass is 10.1. The first-order valence-electron chi connectivity index (χ1n) is 11.6. The maximum Gasteiger partial charge on any atom is 0.335 e. The number of urea groups is 1. The number of nitro groups is 1. The summed E-state index contributed by atoms with van der Waals surface area (Å²) in [5.41, 5.74) is 1.03. The molecule has 0 atom stereocenters. The normalized spacial score (nSPS) is 14.3. The van der Waals surface area contributed by atoms with Crippen LogP contribution >= 0.6 is 22.6 Å². The Morgan fingerprint density at radius 3 is 2.46 bits per heavy atom. The van der Waals surface area contributed by atoms with Crippen LogP contribution in [0, 0.1) is 13.7 Å². The zero-order valence-electron chi connectivity index (χ0n) is 20.8. The van der Waals surface area contributed by atoms with Gasteiger partial charge in [-0.15, -0.1) is 0 Å². The number of carbonyl (C=O) groups excluding carboxylic acids is 3. The number of carbonyl (C=O) groups is 3. The summed E-state index contributed by atoms with van der Waals surface area (Å²) in [5.74, 6) is -0.327. The molecule has 3 aromatic carbocycles. The minimum absolute atomic E-state index is 0.0482. The van der Waals surface area contributed by atoms with Crippen LogP contribution in [0.15, 0.2) is 66.2 Å². The smallest absolute Gasteiger partial charge is 0.335 e. The van der Waals surface area contributed by atoms with Crippen LogP contribution in [0.2, 0.25) is 0 Å². The van der Waals surface area contributed by atoms with E-state index in [1.54, 1.807) is 48.5 Å². The van der Waals surface area contributed by atoms with Gasteiger partial charge in [-0.2, -0.15) is 0 Å². The number of hydrogen-bond acceptors (Lipinski definition) is 8. The van der Waals surface area contributed by atoms with Crippen molar-refractivity contribution in [2.75, 3.05) is 18.6 Å². The van der Waals surface area contributed by atoms with Gasteiger partial charge in [-0.1, -0.05) is 12.1 Å². The SMILES string of the molecule is CCOc1ccc(N2C(=O)NC(=O)/C(=C\c3cc(I)c(OCc4cccc([N+](=O)[O-])c4)c(OC)c3)C2=O)cc1. The molecule has 4 rings (SSSR count). The number of rotatable bonds is 9. The van der Waals surface area contributed by atoms with E-state index in [1.165, 1.54) is 25.3 Å². The van der Waals surface area contributed by atoms with Crippen molar-refractivity contribution in [2.24, 2.45) is 0 Å². The Bertz CT molecular complexity index is 1490. The van der Waals surface area contributed by atoms with Crippen molar-refractivity contribution in [1.82, 2.24) is 5.32 Å². The molecule has 1 heterocycles. The summed E-state index contributed by atoms with van der Waals surface area (Å²) in [4.78, 5) is 49.8. The molecule has 0 aromatic heterocycles. The van der Waals surface area contributed by atoms with E-state index in [9.17, 15) is 24.5 Å². The van der Waals surface area contributed by atoms with Crippen LogP contribution in [-0.4, -0.2) is 36.5 Å². The molecule has 0 aliphatic carbocycles. The Labute approximate surface area is 236 Å². The fourth-order valence-corrected chi connectivity index (χ4v) is 4.58. The van der Waals surface area contributed by atoms with Gasteiger partial charge in [0.25, 0.3) is 17.5 Å². The maximum atomic E-state index is 13.2. The van der Waals surface area contributed by atoms with Gasteiger partial charge in [0, 0.05) is 12.1 Å². The third kappa shape index (κ3) is 6.17. The number of non-ortho nitro benzene ring substituents is 1. The number of nitrogens with zero attached hydrogens (tertiary/aromatic N) is 2. The van der Waals surface area contributed by atoms with E-state index in [1.807, 2.05) is 29.5 Å². The molecule has 1 saturated heterocycles. The summed E-state index contributed by atoms with van der Waals surface area (Å²) >= 11 is 2.02. The molecule has 1 aliphatic heterocycles. The fraction of sp³-hybridized carbons (Fsp3) is 0.148. The van der Waals surface area contributed by atoms with Crippen molar-refractivity contribution < 1.29 is 33.5 Å². The molecule has 11 nitrogen and oxygen atoms in total. The third-order valence-corrected chi connectivity index (χ3v) is 6.38. The zero-order chi connectivity index (χ0) is 28.1. The summed E-state index contributed by atoms with van der Waals surface area (Å²) < 4.78 is 17.4. The molecule has 0 radical (unpaired) electrons. The molecule has 1 N–H and O–H groups in total. The number of nitrogens with one attached hydrogen (secondary N) is 1. The highest BCUT2D eigenvalue weighted by atomic mass is 127. The molecule has 1 aliphatic rings. The van der Waals surface area contributed by atoms with Gasteiger partial charge in [0.15, 0.2) is 11.5 Å². The topological polar surface area (TPSA) is 137 Å². The number of barbiturate groups is 1. The average molecular weight is 643 g/mol. The van der Waals surface area contributed by atoms with Crippen molar-refractivity contribution in [3.63, 3.8) is 0 Å². The van der Waals surface area contributed by atoms with Crippen LogP contribution in [0.4, 0.5) is 16.2 Å². The van der Waals surface area contributed by atoms with E-state index in [2.05, 4.69) is 5.32 Å². The van der Waals surface area contributed by atoms with Gasteiger partial charge < -0.3 is 14.2 Å². The number of anilines is 1. The lowest BCUT2D eigenvalue weighted by molar-refractivity contribution is -0.384. The number of methoxy groups -OCH3 is 1. The molecule has 12 heteroatoms. The van der Waals surface area contributed by atoms with Crippen LogP contribution in [-0.2, 0) is 16.2 Å². The van der Waals surface area contributed by atoms with Gasteiger partial charge in [-0.25, -0.2) is 9.69 Å². The van der Waals surface area contributed by atoms with Gasteiger partial charge >= 0.3 is 6.03 Å². The van der Waals surface area contributed by atoms with Crippen LogP contribution < -0.4 is 24.4 Å². The van der Waals surface area contributed by atoms with Crippen molar-refractivity contribution in [2.45, 2.75) is 13.5 Å². The Hall–Kier alpha value is -4.46. The summed E-state index contributed by atoms with van der Waals surface area (Å²) in [6, 6.07) is 14.8. The first kappa shape index (κ1) is 27.6. The number of benzene rings is 3. The molecule has 4 amide bonds. The molecule has 1 fully saturated rings. The maximum absolute atomic E-state index is 13.2. The number of amides is 4. The van der Waals surface area contributed by atoms with Crippen LogP contribution in [0.25, 0.3) is 6.08 Å². The average Bonchev–Trinajstić information content (AvgIpc) is 2.91. The molecule has 0 unspecified atom stereocenters. The number of imide groups is 2. The second-order valence-electron chi connectivity index (χ2n) is 8.13. The molecule has 200 valence electrons. The largest absolute Gasteiger partial charge is 0.494 e. The van der Waals surface area contributed by atoms with Crippen LogP contribution in [0.1, 0.15) is 18.1 Å². The van der Waals surface area contributed by atoms with Crippen molar-refractivity contribution in [3.8, 4) is 17.2 Å². The van der Waals surface area contributed by atoms with Crippen molar-refractivity contribution in [1.29, 1.82) is 0 Å². The fourth-order valence-electron chi connectivity index (χ4n) is 3.80. The summed E-state index contributed by atoms with van der Waals surface area (Å²) in [6.45, 7) is 2.35. The predicted molar refractivity (Wildman–Crippen MR) is 150 cm³/mol. The second kappa shape index (κ2) is 11.9. The first-order valence-corrected chi connectivity index (χ1v) is 12.7. The first-order chi connectivity index (χ1) is 18.7. The Morgan fingerprint density at radius 1 is 1.05 bits per heavy atom. The summed E-state index contributed by atoms with van der Waals surface area (Å²) in [6.07, 6.45) is 1.36. The highest BCUT2D eigenvalue weighted by Crippen LogP contribution is 2.36. The van der Waals surface area contributed by atoms with Crippen molar-refractivity contribution in [3.05, 3.63) is 91.0 Å². The summed E-state index contributed by atoms with van der Waals surface area (Å²) in [7, 11) is 1.44. The van der Waals surface area contributed by atoms with Crippen molar-refractivity contribution >= 4 is 57.9 Å². The molecule has 0 bridgehead atoms. The highest BCUT2D eigenvalue weighted by molar-refractivity contribution is 14.1. The van der Waals surface area contributed by atoms with E-state index in [-0.39, 0.29) is 23.6 Å². The zero-order valence-corrected chi connectivity index (χ0v) is 23.0. The third-order valence-electron chi connectivity index (χ3n) is 5.57. The predicted octanol–water partition coefficient (Wildman–Crippen LogP) is 4.85. The lowest BCUT2D eigenvalue weighted by Crippen LogP contribution is -2.54. The quantitative estimate of drug-likeness (QED) is 0.115. The highest BCUT2D eigenvalue weighted by Gasteiger charge is 2.37. The molecule has 3 aromatic rings. The summed E-state index contributed by atoms with van der Waals surface area (Å²) in [5, 5.41) is 13.2. The standard InChI is InChI=1S/C27H22IN3O8/c1-3-38-20-9-7-18(8-10-20)30-26(33)21(25(32)29-27(30)34)12-17-13-22(28)24(23(14-17)37-2)39-15-16-5-4-6-19(11-16)31(35)36/h4-14H,3,15H2,1-2H3,(H,29,32,34)/b21-12+. The number of hydrogen-bond donors (Lipinski definition) is 1. The van der Waals surface area contributed by atoms with E-state index in [4.69, 9.17) is 14.2 Å². The number of ether oxygens (including phenoxy) is 3. The van der Waals surface area contributed by atoms with Gasteiger partial charge in [0.1, 0.15) is 17.9 Å². The Kier molecular flexibility index (Phi) is 8.44. The molecule has 0 saturated carbocycles. The van der Waals surface area contributed by atoms with Gasteiger partial charge in [-0.3, -0.25) is 25.0 Å². The van der Waals surface area contributed by atoms with E-state index in [0.29, 0.717) is 38.6 Å². The Balaban J connectivity index is 1.60. The molecular weight excluding hydrogens is 621 g/mol. The van der Waals surface area contributed by atoms with E-state index < -0.39 is 22.8 Å². The Morgan fingerprint density at radius 2 is 1.79 bits per heavy atom. The van der Waals surface area contributed by atoms with Gasteiger partial charge in [0.2, 0.25) is 0 Å². The minimum atomic E-state index is -0.858. The van der Waals surface area contributed by atoms with Crippen LogP contribution in [0.3, 0.4) is 0 Å². The lowest BCUT2D eigenvalue weighted by Gasteiger charge is -2.26. The number of halogens is 1. The van der Waals surface area contributed by atoms with E-state index in [0.717, 1.165) is 4.90 Å². The van der Waals surface area contributed by atoms with Gasteiger partial charge in [0.05, 0.1) is 27.9 Å². The molecule has 0 spiro atoms.